The molecule has 1 heterocycles. The average Bonchev–Trinajstić information content (AvgIpc) is 2.48. The molecule has 0 radical (unpaired) electrons. The Kier molecular flexibility index (Phi) is 7.97. The second kappa shape index (κ2) is 9.23. The topological polar surface area (TPSA) is 99.5 Å². The Morgan fingerprint density at radius 2 is 2.04 bits per heavy atom. The average molecular weight is 359 g/mol. The van der Waals surface area contributed by atoms with Crippen LogP contribution in [-0.4, -0.2) is 49.3 Å². The van der Waals surface area contributed by atoms with Crippen LogP contribution >= 0.6 is 0 Å². The molecule has 0 aromatic rings. The lowest BCUT2D eigenvalue weighted by Gasteiger charge is -2.35. The van der Waals surface area contributed by atoms with E-state index in [1.54, 1.807) is 20.8 Å². The van der Waals surface area contributed by atoms with Crippen molar-refractivity contribution in [1.29, 1.82) is 5.26 Å². The van der Waals surface area contributed by atoms with Crippen molar-refractivity contribution in [2.24, 2.45) is 0 Å². The molecular formula is C16H29N3O4S. The van der Waals surface area contributed by atoms with Crippen LogP contribution in [0.2, 0.25) is 0 Å². The summed E-state index contributed by atoms with van der Waals surface area (Å²) in [7, 11) is -3.36. The molecule has 7 nitrogen and oxygen atoms in total. The maximum Gasteiger partial charge on any atom is 0.407 e. The number of nitrogens with zero attached hydrogens (tertiary/aromatic N) is 2. The van der Waals surface area contributed by atoms with Crippen molar-refractivity contribution in [1.82, 2.24) is 9.62 Å². The number of nitrogens with one attached hydrogen (secondary N) is 1. The summed E-state index contributed by atoms with van der Waals surface area (Å²) < 4.78 is 31.8. The van der Waals surface area contributed by atoms with Gasteiger partial charge in [-0.3, -0.25) is 0 Å². The van der Waals surface area contributed by atoms with Gasteiger partial charge in [0.15, 0.2) is 0 Å². The van der Waals surface area contributed by atoms with E-state index < -0.39 is 21.7 Å². The van der Waals surface area contributed by atoms with E-state index in [1.165, 1.54) is 4.31 Å². The first kappa shape index (κ1) is 20.7. The fraction of sp³-hybridized carbons (Fsp3) is 0.875. The van der Waals surface area contributed by atoms with Gasteiger partial charge in [0, 0.05) is 25.6 Å². The second-order valence-electron chi connectivity index (χ2n) is 7.07. The third-order valence-electron chi connectivity index (χ3n) is 3.75. The van der Waals surface area contributed by atoms with Gasteiger partial charge in [0.25, 0.3) is 0 Å². The summed E-state index contributed by atoms with van der Waals surface area (Å²) >= 11 is 0. The van der Waals surface area contributed by atoms with Crippen molar-refractivity contribution in [2.45, 2.75) is 70.9 Å². The Bertz CT molecular complexity index is 549. The zero-order valence-electron chi connectivity index (χ0n) is 14.9. The molecule has 1 saturated heterocycles. The Labute approximate surface area is 145 Å². The largest absolute Gasteiger partial charge is 0.444 e. The molecule has 24 heavy (non-hydrogen) atoms. The second-order valence-corrected chi connectivity index (χ2v) is 9.12. The molecule has 0 bridgehead atoms. The van der Waals surface area contributed by atoms with E-state index in [9.17, 15) is 13.2 Å². The smallest absolute Gasteiger partial charge is 0.407 e. The van der Waals surface area contributed by atoms with Gasteiger partial charge in [0.05, 0.1) is 11.8 Å². The number of piperidine rings is 1. The Morgan fingerprint density at radius 1 is 1.33 bits per heavy atom. The molecule has 8 heteroatoms. The van der Waals surface area contributed by atoms with Crippen LogP contribution in [0.1, 0.15) is 59.3 Å². The fourth-order valence-electron chi connectivity index (χ4n) is 2.67. The quantitative estimate of drug-likeness (QED) is 0.704. The first-order chi connectivity index (χ1) is 11.2. The van der Waals surface area contributed by atoms with E-state index in [2.05, 4.69) is 5.32 Å². The number of amides is 1. The molecule has 1 aliphatic heterocycles. The Morgan fingerprint density at radius 3 is 2.67 bits per heavy atom. The molecule has 138 valence electrons. The van der Waals surface area contributed by atoms with Gasteiger partial charge in [0.2, 0.25) is 10.0 Å². The summed E-state index contributed by atoms with van der Waals surface area (Å²) in [4.78, 5) is 11.8. The predicted molar refractivity (Wildman–Crippen MR) is 91.8 cm³/mol. The molecular weight excluding hydrogens is 330 g/mol. The van der Waals surface area contributed by atoms with E-state index in [0.717, 1.165) is 19.3 Å². The molecule has 1 atom stereocenters. The molecule has 0 aliphatic carbocycles. The number of ether oxygens (including phenoxy) is 1. The zero-order chi connectivity index (χ0) is 18.2. The van der Waals surface area contributed by atoms with Crippen LogP contribution < -0.4 is 5.32 Å². The van der Waals surface area contributed by atoms with Crippen LogP contribution in [0.15, 0.2) is 0 Å². The van der Waals surface area contributed by atoms with Crippen molar-refractivity contribution in [3.05, 3.63) is 0 Å². The van der Waals surface area contributed by atoms with Crippen molar-refractivity contribution < 1.29 is 17.9 Å². The molecule has 1 rings (SSSR count). The third-order valence-corrected chi connectivity index (χ3v) is 5.75. The molecule has 1 unspecified atom stereocenters. The van der Waals surface area contributed by atoms with Crippen molar-refractivity contribution >= 4 is 16.1 Å². The minimum atomic E-state index is -3.36. The summed E-state index contributed by atoms with van der Waals surface area (Å²) in [5.41, 5.74) is -0.580. The lowest BCUT2D eigenvalue weighted by Crippen LogP contribution is -2.50. The van der Waals surface area contributed by atoms with E-state index in [-0.39, 0.29) is 18.3 Å². The Balaban J connectivity index is 2.58. The number of unbranched alkanes of at least 4 members (excludes halogenated alkanes) is 2. The summed E-state index contributed by atoms with van der Waals surface area (Å²) in [6.07, 6.45) is 3.43. The van der Waals surface area contributed by atoms with Crippen LogP contribution in [0.25, 0.3) is 0 Å². The molecule has 0 spiro atoms. The highest BCUT2D eigenvalue weighted by molar-refractivity contribution is 7.89. The summed E-state index contributed by atoms with van der Waals surface area (Å²) in [6, 6.07) is 1.79. The Hall–Kier alpha value is -1.33. The van der Waals surface area contributed by atoms with Crippen LogP contribution in [-0.2, 0) is 14.8 Å². The van der Waals surface area contributed by atoms with Gasteiger partial charge in [-0.05, 0) is 46.5 Å². The highest BCUT2D eigenvalue weighted by Gasteiger charge is 2.32. The molecule has 0 aromatic heterocycles. The molecule has 0 aromatic carbocycles. The zero-order valence-corrected chi connectivity index (χ0v) is 15.7. The van der Waals surface area contributed by atoms with Crippen LogP contribution in [0.4, 0.5) is 4.79 Å². The van der Waals surface area contributed by atoms with Crippen LogP contribution in [0.5, 0.6) is 0 Å². The van der Waals surface area contributed by atoms with Gasteiger partial charge in [-0.1, -0.05) is 6.42 Å². The minimum absolute atomic E-state index is 0.0532. The highest BCUT2D eigenvalue weighted by Crippen LogP contribution is 2.21. The number of hydrogen-bond acceptors (Lipinski definition) is 5. The lowest BCUT2D eigenvalue weighted by molar-refractivity contribution is 0.0512. The molecule has 1 aliphatic rings. The summed E-state index contributed by atoms with van der Waals surface area (Å²) in [6.45, 7) is 6.09. The van der Waals surface area contributed by atoms with Crippen LogP contribution in [0, 0.1) is 11.3 Å². The maximum absolute atomic E-state index is 12.5. The van der Waals surface area contributed by atoms with Crippen molar-refractivity contribution in [3.8, 4) is 6.07 Å². The summed E-state index contributed by atoms with van der Waals surface area (Å²) in [5.74, 6) is 0.0532. The number of sulfonamides is 1. The first-order valence-corrected chi connectivity index (χ1v) is 10.1. The summed E-state index contributed by atoms with van der Waals surface area (Å²) in [5, 5.41) is 11.2. The number of nitriles is 1. The highest BCUT2D eigenvalue weighted by atomic mass is 32.2. The molecule has 1 N–H and O–H groups in total. The van der Waals surface area contributed by atoms with E-state index in [0.29, 0.717) is 25.8 Å². The minimum Gasteiger partial charge on any atom is -0.444 e. The number of hydrogen-bond donors (Lipinski definition) is 1. The standard InChI is InChI=1S/C16H29N3O4S/c1-16(2,3)23-15(20)18-13-14-9-5-7-11-19(14)24(21,22)12-8-4-6-10-17/h14H,4-9,11-13H2,1-3H3,(H,18,20). The van der Waals surface area contributed by atoms with Crippen LogP contribution in [0.3, 0.4) is 0 Å². The van der Waals surface area contributed by atoms with Gasteiger partial charge < -0.3 is 10.1 Å². The van der Waals surface area contributed by atoms with Gasteiger partial charge in [-0.2, -0.15) is 9.57 Å². The normalized spacial score (nSPS) is 19.5. The lowest BCUT2D eigenvalue weighted by atomic mass is 10.1. The third kappa shape index (κ3) is 7.49. The van der Waals surface area contributed by atoms with Gasteiger partial charge in [-0.25, -0.2) is 13.2 Å². The van der Waals surface area contributed by atoms with E-state index in [4.69, 9.17) is 10.00 Å². The van der Waals surface area contributed by atoms with Gasteiger partial charge in [0.1, 0.15) is 5.60 Å². The predicted octanol–water partition coefficient (Wildman–Crippen LogP) is 2.39. The first-order valence-electron chi connectivity index (χ1n) is 8.49. The fourth-order valence-corrected chi connectivity index (χ4v) is 4.51. The number of rotatable bonds is 7. The SMILES string of the molecule is CC(C)(C)OC(=O)NCC1CCCCN1S(=O)(=O)CCCCC#N. The number of carbonyl (C=O) groups excluding carboxylic acids is 1. The van der Waals surface area contributed by atoms with Gasteiger partial charge in [-0.15, -0.1) is 0 Å². The maximum atomic E-state index is 12.5. The monoisotopic (exact) mass is 359 g/mol. The molecule has 1 fully saturated rings. The van der Waals surface area contributed by atoms with Gasteiger partial charge >= 0.3 is 6.09 Å². The molecule has 1 amide bonds. The van der Waals surface area contributed by atoms with Crippen molar-refractivity contribution in [3.63, 3.8) is 0 Å². The number of carbonyl (C=O) groups is 1. The molecule has 0 saturated carbocycles. The van der Waals surface area contributed by atoms with E-state index >= 15 is 0 Å². The van der Waals surface area contributed by atoms with Crippen molar-refractivity contribution in [2.75, 3.05) is 18.8 Å². The van der Waals surface area contributed by atoms with E-state index in [1.807, 2.05) is 6.07 Å². The number of alkyl carbamates (subject to hydrolysis) is 1.